The van der Waals surface area contributed by atoms with Crippen molar-refractivity contribution in [2.24, 2.45) is 0 Å². The Bertz CT molecular complexity index is 1420. The van der Waals surface area contributed by atoms with Crippen molar-refractivity contribution >= 4 is 49.6 Å². The minimum absolute atomic E-state index is 0.262. The number of esters is 1. The molecule has 4 heteroatoms. The standard InChI is InChI=1S/C29H24N2O2/c1-20(32)33-21(18-30-26-14-6-2-10-22(26)23-11-3-7-15-27(23)30)19-31-28-16-8-4-12-24(28)25-13-5-9-17-29(25)31/h2-17,21H,18-19H2,1H3. The van der Waals surface area contributed by atoms with Crippen LogP contribution in [0.5, 0.6) is 0 Å². The summed E-state index contributed by atoms with van der Waals surface area (Å²) >= 11 is 0. The maximum absolute atomic E-state index is 12.1. The van der Waals surface area contributed by atoms with E-state index in [1.54, 1.807) is 0 Å². The van der Waals surface area contributed by atoms with Crippen LogP contribution in [0, 0.1) is 0 Å². The molecule has 0 bridgehead atoms. The molecule has 0 unspecified atom stereocenters. The van der Waals surface area contributed by atoms with Crippen LogP contribution in [0.1, 0.15) is 6.92 Å². The van der Waals surface area contributed by atoms with Gasteiger partial charge < -0.3 is 13.9 Å². The van der Waals surface area contributed by atoms with Crippen molar-refractivity contribution in [3.05, 3.63) is 97.1 Å². The summed E-state index contributed by atoms with van der Waals surface area (Å²) < 4.78 is 10.5. The third-order valence-electron chi connectivity index (χ3n) is 6.46. The lowest BCUT2D eigenvalue weighted by Gasteiger charge is -2.21. The minimum atomic E-state index is -0.319. The molecule has 162 valence electrons. The first-order valence-corrected chi connectivity index (χ1v) is 11.3. The van der Waals surface area contributed by atoms with E-state index in [1.165, 1.54) is 28.5 Å². The van der Waals surface area contributed by atoms with Crippen molar-refractivity contribution in [2.75, 3.05) is 0 Å². The number of carbonyl (C=O) groups excluding carboxylic acids is 1. The number of ether oxygens (including phenoxy) is 1. The Kier molecular flexibility index (Phi) is 4.65. The van der Waals surface area contributed by atoms with Gasteiger partial charge in [-0.2, -0.15) is 0 Å². The van der Waals surface area contributed by atoms with Crippen molar-refractivity contribution < 1.29 is 9.53 Å². The Hall–Kier alpha value is -4.05. The molecule has 0 radical (unpaired) electrons. The molecule has 2 heterocycles. The number of fused-ring (bicyclic) bond motifs is 6. The Morgan fingerprint density at radius 2 is 0.909 bits per heavy atom. The fourth-order valence-corrected chi connectivity index (χ4v) is 5.17. The van der Waals surface area contributed by atoms with Crippen LogP contribution in [0.3, 0.4) is 0 Å². The van der Waals surface area contributed by atoms with Crippen LogP contribution in [0.2, 0.25) is 0 Å². The van der Waals surface area contributed by atoms with Crippen LogP contribution >= 0.6 is 0 Å². The Morgan fingerprint density at radius 3 is 1.21 bits per heavy atom. The molecular weight excluding hydrogens is 408 g/mol. The molecule has 0 atom stereocenters. The summed E-state index contributed by atoms with van der Waals surface area (Å²) in [5.41, 5.74) is 4.60. The maximum Gasteiger partial charge on any atom is 0.303 e. The third-order valence-corrected chi connectivity index (χ3v) is 6.46. The largest absolute Gasteiger partial charge is 0.459 e. The summed E-state index contributed by atoms with van der Waals surface area (Å²) in [6.45, 7) is 2.65. The van der Waals surface area contributed by atoms with E-state index in [1.807, 2.05) is 0 Å². The minimum Gasteiger partial charge on any atom is -0.459 e. The van der Waals surface area contributed by atoms with Gasteiger partial charge in [0, 0.05) is 50.5 Å². The number of benzene rings is 4. The van der Waals surface area contributed by atoms with Gasteiger partial charge >= 0.3 is 5.97 Å². The number of aromatic nitrogens is 2. The fraction of sp³-hybridized carbons (Fsp3) is 0.138. The monoisotopic (exact) mass is 432 g/mol. The van der Waals surface area contributed by atoms with Gasteiger partial charge in [0.15, 0.2) is 0 Å². The zero-order chi connectivity index (χ0) is 22.4. The summed E-state index contributed by atoms with van der Waals surface area (Å²) in [4.78, 5) is 12.1. The van der Waals surface area contributed by atoms with E-state index in [4.69, 9.17) is 4.74 Å². The van der Waals surface area contributed by atoms with E-state index >= 15 is 0 Å². The van der Waals surface area contributed by atoms with Gasteiger partial charge in [-0.1, -0.05) is 72.8 Å². The molecule has 4 aromatic carbocycles. The average molecular weight is 433 g/mol. The van der Waals surface area contributed by atoms with Crippen LogP contribution in [0.15, 0.2) is 97.1 Å². The predicted octanol–water partition coefficient (Wildman–Crippen LogP) is 6.53. The lowest BCUT2D eigenvalue weighted by molar-refractivity contribution is -0.147. The molecule has 0 aliphatic rings. The topological polar surface area (TPSA) is 36.2 Å². The zero-order valence-electron chi connectivity index (χ0n) is 18.4. The lowest BCUT2D eigenvalue weighted by atomic mass is 10.2. The second-order valence-electron chi connectivity index (χ2n) is 8.52. The molecule has 6 rings (SSSR count). The van der Waals surface area contributed by atoms with Gasteiger partial charge in [0.25, 0.3) is 0 Å². The third kappa shape index (κ3) is 3.26. The Labute approximate surface area is 191 Å². The number of para-hydroxylation sites is 4. The van der Waals surface area contributed by atoms with Crippen LogP contribution in [-0.2, 0) is 22.6 Å². The SMILES string of the molecule is CC(=O)OC(Cn1c2ccccc2c2ccccc21)Cn1c2ccccc2c2ccccc21. The number of hydrogen-bond donors (Lipinski definition) is 0. The van der Waals surface area contributed by atoms with E-state index in [9.17, 15) is 4.79 Å². The van der Waals surface area contributed by atoms with Crippen LogP contribution in [0.4, 0.5) is 0 Å². The van der Waals surface area contributed by atoms with E-state index < -0.39 is 0 Å². The van der Waals surface area contributed by atoms with Crippen LogP contribution in [0.25, 0.3) is 43.6 Å². The summed E-state index contributed by atoms with van der Waals surface area (Å²) in [5, 5.41) is 4.86. The lowest BCUT2D eigenvalue weighted by Crippen LogP contribution is -2.27. The predicted molar refractivity (Wildman–Crippen MR) is 134 cm³/mol. The van der Waals surface area contributed by atoms with Gasteiger partial charge in [-0.25, -0.2) is 0 Å². The molecule has 33 heavy (non-hydrogen) atoms. The normalized spacial score (nSPS) is 11.8. The molecule has 0 saturated carbocycles. The van der Waals surface area contributed by atoms with E-state index in [-0.39, 0.29) is 12.1 Å². The molecule has 0 aliphatic heterocycles. The van der Waals surface area contributed by atoms with Gasteiger partial charge in [-0.05, 0) is 24.3 Å². The van der Waals surface area contributed by atoms with Gasteiger partial charge in [0.1, 0.15) is 6.10 Å². The van der Waals surface area contributed by atoms with E-state index in [0.29, 0.717) is 13.1 Å². The first kappa shape index (κ1) is 19.6. The summed E-state index contributed by atoms with van der Waals surface area (Å²) in [6, 6.07) is 33.7. The van der Waals surface area contributed by atoms with Crippen molar-refractivity contribution in [1.29, 1.82) is 0 Å². The van der Waals surface area contributed by atoms with Crippen LogP contribution in [-0.4, -0.2) is 21.2 Å². The first-order chi connectivity index (χ1) is 16.2. The Morgan fingerprint density at radius 1 is 0.606 bits per heavy atom. The Balaban J connectivity index is 1.49. The molecule has 0 N–H and O–H groups in total. The first-order valence-electron chi connectivity index (χ1n) is 11.3. The highest BCUT2D eigenvalue weighted by atomic mass is 16.5. The van der Waals surface area contributed by atoms with Crippen LogP contribution < -0.4 is 0 Å². The van der Waals surface area contributed by atoms with Gasteiger partial charge in [0.05, 0.1) is 13.1 Å². The summed E-state index contributed by atoms with van der Waals surface area (Å²) in [5.74, 6) is -0.262. The molecule has 4 nitrogen and oxygen atoms in total. The van der Waals surface area contributed by atoms with Crippen molar-refractivity contribution in [3.8, 4) is 0 Å². The van der Waals surface area contributed by atoms with Gasteiger partial charge in [0.2, 0.25) is 0 Å². The van der Waals surface area contributed by atoms with E-state index in [0.717, 1.165) is 22.1 Å². The number of rotatable bonds is 5. The second kappa shape index (κ2) is 7.82. The molecule has 6 aromatic rings. The average Bonchev–Trinajstić information content (AvgIpc) is 3.33. The molecule has 0 spiro atoms. The number of carbonyl (C=O) groups is 1. The summed E-state index contributed by atoms with van der Waals surface area (Å²) in [6.07, 6.45) is -0.319. The fourth-order valence-electron chi connectivity index (χ4n) is 5.17. The van der Waals surface area contributed by atoms with Crippen molar-refractivity contribution in [2.45, 2.75) is 26.1 Å². The van der Waals surface area contributed by atoms with Crippen molar-refractivity contribution in [3.63, 3.8) is 0 Å². The highest BCUT2D eigenvalue weighted by molar-refractivity contribution is 6.08. The molecule has 0 aliphatic carbocycles. The number of nitrogens with zero attached hydrogens (tertiary/aromatic N) is 2. The molecular formula is C29H24N2O2. The molecule has 2 aromatic heterocycles. The molecule has 0 saturated heterocycles. The zero-order valence-corrected chi connectivity index (χ0v) is 18.4. The summed E-state index contributed by atoms with van der Waals surface area (Å²) in [7, 11) is 0. The number of hydrogen-bond acceptors (Lipinski definition) is 2. The molecule has 0 fully saturated rings. The molecule has 0 amide bonds. The maximum atomic E-state index is 12.1. The smallest absolute Gasteiger partial charge is 0.303 e. The van der Waals surface area contributed by atoms with Gasteiger partial charge in [-0.15, -0.1) is 0 Å². The van der Waals surface area contributed by atoms with Gasteiger partial charge in [-0.3, -0.25) is 4.79 Å². The quantitative estimate of drug-likeness (QED) is 0.290. The highest BCUT2D eigenvalue weighted by Gasteiger charge is 2.20. The van der Waals surface area contributed by atoms with E-state index in [2.05, 4.69) is 106 Å². The van der Waals surface area contributed by atoms with Crippen molar-refractivity contribution in [1.82, 2.24) is 9.13 Å². The highest BCUT2D eigenvalue weighted by Crippen LogP contribution is 2.31. The second-order valence-corrected chi connectivity index (χ2v) is 8.52.